The summed E-state index contributed by atoms with van der Waals surface area (Å²) in [5, 5.41) is 0. The molecule has 3 heteroatoms. The zero-order valence-corrected chi connectivity index (χ0v) is 9.96. The molecule has 1 aliphatic rings. The van der Waals surface area contributed by atoms with Crippen molar-refractivity contribution in [2.45, 2.75) is 52.0 Å². The first-order valence-corrected chi connectivity index (χ1v) is 6.12. The van der Waals surface area contributed by atoms with E-state index in [0.717, 1.165) is 18.8 Å². The molecule has 0 aliphatic carbocycles. The Morgan fingerprint density at radius 3 is 2.47 bits per heavy atom. The Balaban J connectivity index is 2.59. The predicted octanol–water partition coefficient (Wildman–Crippen LogP) is 2.34. The Hall–Kier alpha value is -0.540. The maximum Gasteiger partial charge on any atom is 0.111 e. The molecule has 0 amide bonds. The van der Waals surface area contributed by atoms with Crippen molar-refractivity contribution < 1.29 is 4.74 Å². The molecule has 0 saturated carbocycles. The van der Waals surface area contributed by atoms with Gasteiger partial charge in [0.05, 0.1) is 12.6 Å². The van der Waals surface area contributed by atoms with Gasteiger partial charge in [-0.2, -0.15) is 0 Å². The van der Waals surface area contributed by atoms with Gasteiger partial charge < -0.3 is 4.74 Å². The largest absolute Gasteiger partial charge is 0.496 e. The molecule has 1 heterocycles. The lowest BCUT2D eigenvalue weighted by atomic mass is 9.89. The summed E-state index contributed by atoms with van der Waals surface area (Å²) < 4.78 is 5.60. The topological polar surface area (TPSA) is 47.3 Å². The van der Waals surface area contributed by atoms with E-state index in [2.05, 4.69) is 25.3 Å². The second-order valence-corrected chi connectivity index (χ2v) is 4.23. The highest BCUT2D eigenvalue weighted by Gasteiger charge is 2.25. The molecule has 88 valence electrons. The first-order chi connectivity index (χ1) is 7.33. The van der Waals surface area contributed by atoms with Gasteiger partial charge in [0.25, 0.3) is 0 Å². The van der Waals surface area contributed by atoms with E-state index in [9.17, 15) is 0 Å². The van der Waals surface area contributed by atoms with Gasteiger partial charge in [-0.25, -0.2) is 5.43 Å². The molecule has 1 atom stereocenters. The number of ether oxygens (including phenoxy) is 1. The fraction of sp³-hybridized carbons (Fsp3) is 0.833. The second-order valence-electron chi connectivity index (χ2n) is 4.23. The molecule has 1 rings (SSSR count). The van der Waals surface area contributed by atoms with E-state index in [4.69, 9.17) is 10.6 Å². The van der Waals surface area contributed by atoms with Crippen LogP contribution in [0.25, 0.3) is 0 Å². The van der Waals surface area contributed by atoms with Gasteiger partial charge in [0, 0.05) is 6.42 Å². The second kappa shape index (κ2) is 6.85. The summed E-state index contributed by atoms with van der Waals surface area (Å²) >= 11 is 0. The molecular weight excluding hydrogens is 188 g/mol. The van der Waals surface area contributed by atoms with Crippen molar-refractivity contribution in [3.8, 4) is 0 Å². The molecule has 0 aromatic heterocycles. The van der Waals surface area contributed by atoms with Gasteiger partial charge in [-0.05, 0) is 24.8 Å². The van der Waals surface area contributed by atoms with Gasteiger partial charge in [-0.1, -0.05) is 26.7 Å². The third-order valence-electron chi connectivity index (χ3n) is 3.01. The van der Waals surface area contributed by atoms with Gasteiger partial charge >= 0.3 is 0 Å². The average molecular weight is 212 g/mol. The fourth-order valence-corrected chi connectivity index (χ4v) is 2.32. The van der Waals surface area contributed by atoms with Crippen LogP contribution in [-0.4, -0.2) is 12.6 Å². The van der Waals surface area contributed by atoms with Crippen molar-refractivity contribution >= 4 is 0 Å². The van der Waals surface area contributed by atoms with Crippen LogP contribution in [0, 0.1) is 5.92 Å². The lowest BCUT2D eigenvalue weighted by Gasteiger charge is -2.26. The summed E-state index contributed by atoms with van der Waals surface area (Å²) in [4.78, 5) is 0. The predicted molar refractivity (Wildman–Crippen MR) is 63.1 cm³/mol. The summed E-state index contributed by atoms with van der Waals surface area (Å²) in [6.07, 6.45) is 8.03. The van der Waals surface area contributed by atoms with E-state index in [1.54, 1.807) is 0 Å². The summed E-state index contributed by atoms with van der Waals surface area (Å²) in [6, 6.07) is 0.215. The first kappa shape index (κ1) is 12.5. The number of nitrogens with one attached hydrogen (secondary N) is 1. The van der Waals surface area contributed by atoms with Crippen molar-refractivity contribution in [2.75, 3.05) is 6.61 Å². The normalized spacial score (nSPS) is 17.7. The van der Waals surface area contributed by atoms with Crippen LogP contribution in [0.3, 0.4) is 0 Å². The maximum atomic E-state index is 5.64. The van der Waals surface area contributed by atoms with Crippen molar-refractivity contribution in [3.63, 3.8) is 0 Å². The van der Waals surface area contributed by atoms with Crippen LogP contribution in [0.4, 0.5) is 0 Å². The molecule has 3 nitrogen and oxygen atoms in total. The lowest BCUT2D eigenvalue weighted by Crippen LogP contribution is -2.42. The van der Waals surface area contributed by atoms with Gasteiger partial charge in [0.15, 0.2) is 0 Å². The van der Waals surface area contributed by atoms with Crippen LogP contribution in [0.1, 0.15) is 46.0 Å². The minimum absolute atomic E-state index is 0.215. The molecular formula is C12H24N2O. The highest BCUT2D eigenvalue weighted by molar-refractivity contribution is 5.08. The standard InChI is InChI=1S/C12H24N2O/c1-3-6-10(7-4-2)12(14-13)11-8-5-9-15-11/h8,10,12,14H,3-7,9,13H2,1-2H3. The van der Waals surface area contributed by atoms with E-state index in [0.29, 0.717) is 5.92 Å². The first-order valence-electron chi connectivity index (χ1n) is 6.12. The van der Waals surface area contributed by atoms with Gasteiger partial charge in [0.1, 0.15) is 5.76 Å². The number of hydrogen-bond donors (Lipinski definition) is 2. The minimum atomic E-state index is 0.215. The molecule has 0 spiro atoms. The zero-order valence-electron chi connectivity index (χ0n) is 9.96. The Morgan fingerprint density at radius 1 is 1.40 bits per heavy atom. The summed E-state index contributed by atoms with van der Waals surface area (Å²) in [5.41, 5.74) is 2.92. The van der Waals surface area contributed by atoms with Crippen LogP contribution in [0.15, 0.2) is 11.8 Å². The Labute approximate surface area is 93.0 Å². The molecule has 1 aliphatic heterocycles. The summed E-state index contributed by atoms with van der Waals surface area (Å²) in [7, 11) is 0. The van der Waals surface area contributed by atoms with Crippen LogP contribution >= 0.6 is 0 Å². The van der Waals surface area contributed by atoms with E-state index in [-0.39, 0.29) is 6.04 Å². The van der Waals surface area contributed by atoms with E-state index in [1.165, 1.54) is 25.7 Å². The maximum absolute atomic E-state index is 5.64. The summed E-state index contributed by atoms with van der Waals surface area (Å²) in [5.74, 6) is 7.31. The van der Waals surface area contributed by atoms with Crippen LogP contribution < -0.4 is 11.3 Å². The summed E-state index contributed by atoms with van der Waals surface area (Å²) in [6.45, 7) is 5.26. The third kappa shape index (κ3) is 3.50. The smallest absolute Gasteiger partial charge is 0.111 e. The van der Waals surface area contributed by atoms with Crippen LogP contribution in [0.5, 0.6) is 0 Å². The third-order valence-corrected chi connectivity index (χ3v) is 3.01. The molecule has 3 N–H and O–H groups in total. The lowest BCUT2D eigenvalue weighted by molar-refractivity contribution is 0.185. The number of hydrogen-bond acceptors (Lipinski definition) is 3. The number of rotatable bonds is 7. The quantitative estimate of drug-likeness (QED) is 0.503. The van der Waals surface area contributed by atoms with E-state index < -0.39 is 0 Å². The van der Waals surface area contributed by atoms with Gasteiger partial charge in [-0.3, -0.25) is 5.84 Å². The van der Waals surface area contributed by atoms with Gasteiger partial charge in [-0.15, -0.1) is 0 Å². The van der Waals surface area contributed by atoms with Crippen molar-refractivity contribution in [3.05, 3.63) is 11.8 Å². The van der Waals surface area contributed by atoms with Crippen molar-refractivity contribution in [2.24, 2.45) is 11.8 Å². The van der Waals surface area contributed by atoms with E-state index in [1.807, 2.05) is 0 Å². The highest BCUT2D eigenvalue weighted by Crippen LogP contribution is 2.25. The van der Waals surface area contributed by atoms with Crippen LogP contribution in [0.2, 0.25) is 0 Å². The molecule has 0 aromatic carbocycles. The Bertz CT molecular complexity index is 198. The van der Waals surface area contributed by atoms with Gasteiger partial charge in [0.2, 0.25) is 0 Å². The molecule has 0 bridgehead atoms. The minimum Gasteiger partial charge on any atom is -0.496 e. The van der Waals surface area contributed by atoms with Crippen molar-refractivity contribution in [1.29, 1.82) is 0 Å². The number of hydrazine groups is 1. The van der Waals surface area contributed by atoms with Crippen LogP contribution in [-0.2, 0) is 4.74 Å². The van der Waals surface area contributed by atoms with Crippen molar-refractivity contribution in [1.82, 2.24) is 5.43 Å². The number of nitrogens with two attached hydrogens (primary N) is 1. The molecule has 0 aromatic rings. The molecule has 1 unspecified atom stereocenters. The average Bonchev–Trinajstić information content (AvgIpc) is 2.73. The Morgan fingerprint density at radius 2 is 2.07 bits per heavy atom. The molecule has 0 fully saturated rings. The highest BCUT2D eigenvalue weighted by atomic mass is 16.5. The molecule has 0 saturated heterocycles. The van der Waals surface area contributed by atoms with E-state index >= 15 is 0 Å². The fourth-order valence-electron chi connectivity index (χ4n) is 2.32. The zero-order chi connectivity index (χ0) is 11.1. The Kier molecular flexibility index (Phi) is 5.73. The SMILES string of the molecule is CCCC(CCC)C(NN)C1=CCCO1. The monoisotopic (exact) mass is 212 g/mol. The molecule has 15 heavy (non-hydrogen) atoms. The molecule has 0 radical (unpaired) electrons.